The van der Waals surface area contributed by atoms with Crippen LogP contribution >= 0.6 is 0 Å². The first-order valence-electron chi connectivity index (χ1n) is 11.8. The van der Waals surface area contributed by atoms with Crippen LogP contribution in [0.1, 0.15) is 40.4 Å². The Morgan fingerprint density at radius 3 is 2.94 bits per heavy atom. The van der Waals surface area contributed by atoms with Crippen LogP contribution < -0.4 is 5.48 Å². The molecular weight excluding hydrogens is 424 g/mol. The van der Waals surface area contributed by atoms with Crippen molar-refractivity contribution in [3.63, 3.8) is 0 Å². The number of fused-ring (bicyclic) bond motifs is 2. The molecule has 3 N–H and O–H groups in total. The van der Waals surface area contributed by atoms with E-state index < -0.39 is 5.91 Å². The molecule has 0 fully saturated rings. The van der Waals surface area contributed by atoms with Gasteiger partial charge in [0.2, 0.25) is 0 Å². The Kier molecular flexibility index (Phi) is 6.34. The maximum atomic E-state index is 11.3. The maximum absolute atomic E-state index is 11.3. The number of carbonyl (C=O) groups is 1. The van der Waals surface area contributed by atoms with Gasteiger partial charge >= 0.3 is 0 Å². The van der Waals surface area contributed by atoms with E-state index in [1.165, 1.54) is 39.4 Å². The maximum Gasteiger partial charge on any atom is 0.267 e. The molecule has 6 heteroatoms. The van der Waals surface area contributed by atoms with Crippen molar-refractivity contribution >= 4 is 22.9 Å². The van der Waals surface area contributed by atoms with Gasteiger partial charge in [-0.15, -0.1) is 0 Å². The third kappa shape index (κ3) is 4.55. The molecule has 2 aromatic carbocycles. The molecule has 1 aliphatic rings. The highest BCUT2D eigenvalue weighted by Crippen LogP contribution is 2.37. The first kappa shape index (κ1) is 22.2. The Hall–Kier alpha value is -3.61. The van der Waals surface area contributed by atoms with Crippen molar-refractivity contribution in [2.75, 3.05) is 6.54 Å². The van der Waals surface area contributed by atoms with Gasteiger partial charge in [0.15, 0.2) is 0 Å². The minimum absolute atomic E-state index is 0.355. The molecule has 34 heavy (non-hydrogen) atoms. The highest BCUT2D eigenvalue weighted by atomic mass is 16.5. The van der Waals surface area contributed by atoms with Crippen LogP contribution in [-0.2, 0) is 31.2 Å². The second-order valence-corrected chi connectivity index (χ2v) is 9.01. The van der Waals surface area contributed by atoms with E-state index in [1.807, 2.05) is 0 Å². The quantitative estimate of drug-likeness (QED) is 0.204. The second kappa shape index (κ2) is 9.71. The van der Waals surface area contributed by atoms with Crippen LogP contribution in [0.3, 0.4) is 0 Å². The molecule has 2 heterocycles. The largest absolute Gasteiger partial charge is 0.361 e. The standard InChI is InChI=1S/C28H30N4O2/c1-31-15-4-5-23(31)19-32(16-14-22-18-29-26-7-3-2-6-24(22)26)27-12-10-21-17-20(8-11-25(21)27)9-13-28(33)30-34/h2-9,11,13,15,17-18,27,29,34H,10,12,14,16,19H2,1H3,(H,30,33)/b13-9+. The lowest BCUT2D eigenvalue weighted by Gasteiger charge is -2.30. The average Bonchev–Trinajstić information content (AvgIpc) is 3.58. The first-order valence-corrected chi connectivity index (χ1v) is 11.8. The monoisotopic (exact) mass is 454 g/mol. The summed E-state index contributed by atoms with van der Waals surface area (Å²) in [4.78, 5) is 17.3. The van der Waals surface area contributed by atoms with E-state index in [9.17, 15) is 4.79 Å². The molecule has 4 aromatic rings. The van der Waals surface area contributed by atoms with E-state index in [2.05, 4.69) is 88.5 Å². The summed E-state index contributed by atoms with van der Waals surface area (Å²) in [7, 11) is 2.11. The molecule has 0 spiro atoms. The molecule has 1 unspecified atom stereocenters. The lowest BCUT2D eigenvalue weighted by atomic mass is 10.0. The number of nitrogens with one attached hydrogen (secondary N) is 2. The molecule has 174 valence electrons. The fourth-order valence-corrected chi connectivity index (χ4v) is 5.12. The van der Waals surface area contributed by atoms with E-state index in [0.29, 0.717) is 6.04 Å². The fourth-order valence-electron chi connectivity index (χ4n) is 5.12. The Morgan fingerprint density at radius 1 is 1.24 bits per heavy atom. The van der Waals surface area contributed by atoms with Crippen molar-refractivity contribution < 1.29 is 10.0 Å². The number of rotatable bonds is 8. The van der Waals surface area contributed by atoms with Gasteiger partial charge in [-0.2, -0.15) is 0 Å². The van der Waals surface area contributed by atoms with Crippen LogP contribution in [0, 0.1) is 0 Å². The number of H-pyrrole nitrogens is 1. The molecule has 0 bridgehead atoms. The van der Waals surface area contributed by atoms with E-state index in [0.717, 1.165) is 37.9 Å². The number of benzene rings is 2. The SMILES string of the molecule is Cn1cccc1CN(CCc1c[nH]c2ccccc12)C1CCc2cc(/C=C/C(=O)NO)ccc21. The van der Waals surface area contributed by atoms with Crippen molar-refractivity contribution in [1.29, 1.82) is 0 Å². The summed E-state index contributed by atoms with van der Waals surface area (Å²) in [6.45, 7) is 1.86. The molecule has 5 rings (SSSR count). The molecule has 0 aliphatic heterocycles. The van der Waals surface area contributed by atoms with Crippen LogP contribution in [0.5, 0.6) is 0 Å². The zero-order chi connectivity index (χ0) is 23.5. The minimum Gasteiger partial charge on any atom is -0.361 e. The van der Waals surface area contributed by atoms with Crippen molar-refractivity contribution in [1.82, 2.24) is 19.9 Å². The molecule has 1 aliphatic carbocycles. The number of amides is 1. The number of aryl methyl sites for hydroxylation is 2. The molecular formula is C28H30N4O2. The van der Waals surface area contributed by atoms with Gasteiger partial charge in [0, 0.05) is 61.2 Å². The molecule has 6 nitrogen and oxygen atoms in total. The minimum atomic E-state index is -0.524. The number of carbonyl (C=O) groups excluding carboxylic acids is 1. The first-order chi connectivity index (χ1) is 16.6. The zero-order valence-corrected chi connectivity index (χ0v) is 19.4. The van der Waals surface area contributed by atoms with Gasteiger partial charge in [-0.25, -0.2) is 5.48 Å². The number of aromatic amines is 1. The zero-order valence-electron chi connectivity index (χ0n) is 19.4. The van der Waals surface area contributed by atoms with Crippen LogP contribution in [-0.4, -0.2) is 32.1 Å². The van der Waals surface area contributed by atoms with E-state index in [1.54, 1.807) is 11.6 Å². The van der Waals surface area contributed by atoms with Gasteiger partial charge < -0.3 is 9.55 Å². The van der Waals surface area contributed by atoms with Crippen LogP contribution in [0.25, 0.3) is 17.0 Å². The highest BCUT2D eigenvalue weighted by Gasteiger charge is 2.28. The number of para-hydroxylation sites is 1. The van der Waals surface area contributed by atoms with Gasteiger partial charge in [0.25, 0.3) is 5.91 Å². The Balaban J connectivity index is 1.39. The summed E-state index contributed by atoms with van der Waals surface area (Å²) in [6.07, 6.45) is 10.4. The third-order valence-electron chi connectivity index (χ3n) is 6.95. The van der Waals surface area contributed by atoms with Crippen LogP contribution in [0.4, 0.5) is 0 Å². The molecule has 2 aromatic heterocycles. The Bertz CT molecular complexity index is 1330. The number of aromatic nitrogens is 2. The topological polar surface area (TPSA) is 73.3 Å². The van der Waals surface area contributed by atoms with Gasteiger partial charge in [-0.05, 0) is 65.8 Å². The Labute approximate surface area is 199 Å². The summed E-state index contributed by atoms with van der Waals surface area (Å²) in [5, 5.41) is 10.0. The third-order valence-corrected chi connectivity index (χ3v) is 6.95. The molecule has 0 saturated carbocycles. The van der Waals surface area contributed by atoms with E-state index >= 15 is 0 Å². The summed E-state index contributed by atoms with van der Waals surface area (Å²) in [6, 6.07) is 19.6. The summed E-state index contributed by atoms with van der Waals surface area (Å²) >= 11 is 0. The summed E-state index contributed by atoms with van der Waals surface area (Å²) < 4.78 is 2.20. The molecule has 1 amide bonds. The predicted molar refractivity (Wildman–Crippen MR) is 134 cm³/mol. The second-order valence-electron chi connectivity index (χ2n) is 9.01. The van der Waals surface area contributed by atoms with Gasteiger partial charge in [0.05, 0.1) is 0 Å². The average molecular weight is 455 g/mol. The number of hydrogen-bond donors (Lipinski definition) is 3. The van der Waals surface area contributed by atoms with Crippen LogP contribution in [0.2, 0.25) is 0 Å². The normalized spacial score (nSPS) is 15.4. The lowest BCUT2D eigenvalue weighted by Crippen LogP contribution is -2.30. The van der Waals surface area contributed by atoms with Crippen molar-refractivity contribution in [3.8, 4) is 0 Å². The molecule has 0 radical (unpaired) electrons. The van der Waals surface area contributed by atoms with Crippen molar-refractivity contribution in [2.24, 2.45) is 7.05 Å². The number of hydrogen-bond acceptors (Lipinski definition) is 3. The fraction of sp³-hybridized carbons (Fsp3) is 0.250. The van der Waals surface area contributed by atoms with Crippen molar-refractivity contribution in [3.05, 3.63) is 101 Å². The van der Waals surface area contributed by atoms with Gasteiger partial charge in [0.1, 0.15) is 0 Å². The number of nitrogens with zero attached hydrogens (tertiary/aromatic N) is 2. The van der Waals surface area contributed by atoms with Gasteiger partial charge in [-0.3, -0.25) is 14.9 Å². The smallest absolute Gasteiger partial charge is 0.267 e. The summed E-state index contributed by atoms with van der Waals surface area (Å²) in [5.74, 6) is -0.524. The molecule has 0 saturated heterocycles. The molecule has 1 atom stereocenters. The summed E-state index contributed by atoms with van der Waals surface area (Å²) in [5.41, 5.74) is 9.16. The van der Waals surface area contributed by atoms with Crippen molar-refractivity contribution in [2.45, 2.75) is 31.8 Å². The van der Waals surface area contributed by atoms with Crippen LogP contribution in [0.15, 0.2) is 73.1 Å². The number of hydroxylamine groups is 1. The van der Waals surface area contributed by atoms with E-state index in [4.69, 9.17) is 5.21 Å². The Morgan fingerprint density at radius 2 is 2.12 bits per heavy atom. The predicted octanol–water partition coefficient (Wildman–Crippen LogP) is 4.76. The van der Waals surface area contributed by atoms with E-state index in [-0.39, 0.29) is 0 Å². The van der Waals surface area contributed by atoms with Gasteiger partial charge in [-0.1, -0.05) is 36.4 Å². The lowest BCUT2D eigenvalue weighted by molar-refractivity contribution is -0.124. The highest BCUT2D eigenvalue weighted by molar-refractivity contribution is 5.90.